The lowest BCUT2D eigenvalue weighted by Gasteiger charge is -2.17. The molecule has 20 heavy (non-hydrogen) atoms. The number of hydrogen-bond acceptors (Lipinski definition) is 2. The largest absolute Gasteiger partial charge is 0.326 e. The first kappa shape index (κ1) is 14.8. The first-order chi connectivity index (χ1) is 9.69. The van der Waals surface area contributed by atoms with Crippen LogP contribution in [0.1, 0.15) is 22.3 Å². The molecule has 0 saturated heterocycles. The molecule has 2 rings (SSSR count). The molecule has 0 unspecified atom stereocenters. The summed E-state index contributed by atoms with van der Waals surface area (Å²) in [6.07, 6.45) is 1.10. The van der Waals surface area contributed by atoms with Gasteiger partial charge in [-0.15, -0.1) is 0 Å². The minimum atomic E-state index is 0.614. The van der Waals surface area contributed by atoms with Crippen molar-refractivity contribution < 1.29 is 0 Å². The van der Waals surface area contributed by atoms with E-state index in [0.717, 1.165) is 19.5 Å². The van der Waals surface area contributed by atoms with Gasteiger partial charge in [-0.05, 0) is 42.6 Å². The highest BCUT2D eigenvalue weighted by molar-refractivity contribution is 5.26. The lowest BCUT2D eigenvalue weighted by molar-refractivity contribution is 0.331. The van der Waals surface area contributed by atoms with Crippen LogP contribution in [0.15, 0.2) is 48.5 Å². The second-order valence-electron chi connectivity index (χ2n) is 5.43. The average molecular weight is 268 g/mol. The summed E-state index contributed by atoms with van der Waals surface area (Å²) in [5.74, 6) is 0. The molecule has 0 fully saturated rings. The fourth-order valence-corrected chi connectivity index (χ4v) is 2.37. The van der Waals surface area contributed by atoms with Gasteiger partial charge in [0.05, 0.1) is 0 Å². The van der Waals surface area contributed by atoms with Gasteiger partial charge in [-0.1, -0.05) is 48.5 Å². The Morgan fingerprint density at radius 3 is 2.25 bits per heavy atom. The van der Waals surface area contributed by atoms with E-state index in [-0.39, 0.29) is 0 Å². The fourth-order valence-electron chi connectivity index (χ4n) is 2.37. The van der Waals surface area contributed by atoms with Crippen molar-refractivity contribution >= 4 is 0 Å². The van der Waals surface area contributed by atoms with Crippen LogP contribution in [0.3, 0.4) is 0 Å². The predicted octanol–water partition coefficient (Wildman–Crippen LogP) is 3.13. The van der Waals surface area contributed by atoms with Crippen LogP contribution in [0.25, 0.3) is 0 Å². The Balaban J connectivity index is 1.86. The number of likely N-dealkylation sites (N-methyl/N-ethyl adjacent to an activating group) is 1. The summed E-state index contributed by atoms with van der Waals surface area (Å²) in [6, 6.07) is 17.2. The zero-order chi connectivity index (χ0) is 14.4. The van der Waals surface area contributed by atoms with Gasteiger partial charge in [0.1, 0.15) is 0 Å². The van der Waals surface area contributed by atoms with Gasteiger partial charge in [0.15, 0.2) is 0 Å². The Morgan fingerprint density at radius 1 is 0.950 bits per heavy atom. The molecule has 0 amide bonds. The van der Waals surface area contributed by atoms with Crippen LogP contribution >= 0.6 is 0 Å². The highest BCUT2D eigenvalue weighted by atomic mass is 15.1. The minimum absolute atomic E-state index is 0.614. The second-order valence-corrected chi connectivity index (χ2v) is 5.43. The minimum Gasteiger partial charge on any atom is -0.326 e. The first-order valence-electron chi connectivity index (χ1n) is 7.20. The lowest BCUT2D eigenvalue weighted by Crippen LogP contribution is -2.21. The van der Waals surface area contributed by atoms with Crippen molar-refractivity contribution in [1.82, 2.24) is 4.90 Å². The Kier molecular flexibility index (Phi) is 5.33. The van der Waals surface area contributed by atoms with Gasteiger partial charge in [0.2, 0.25) is 0 Å². The zero-order valence-electron chi connectivity index (χ0n) is 12.5. The third kappa shape index (κ3) is 4.19. The van der Waals surface area contributed by atoms with Crippen LogP contribution in [0.2, 0.25) is 0 Å². The number of rotatable bonds is 6. The van der Waals surface area contributed by atoms with E-state index >= 15 is 0 Å². The molecular formula is C18H24N2. The monoisotopic (exact) mass is 268 g/mol. The molecule has 0 saturated carbocycles. The summed E-state index contributed by atoms with van der Waals surface area (Å²) in [5.41, 5.74) is 11.0. The molecule has 0 atom stereocenters. The van der Waals surface area contributed by atoms with E-state index in [1.807, 2.05) is 0 Å². The number of nitrogens with zero attached hydrogens (tertiary/aromatic N) is 1. The topological polar surface area (TPSA) is 29.3 Å². The maximum atomic E-state index is 5.62. The molecule has 0 aliphatic carbocycles. The van der Waals surface area contributed by atoms with Gasteiger partial charge in [0, 0.05) is 19.6 Å². The number of nitrogens with two attached hydrogens (primary N) is 1. The molecule has 0 radical (unpaired) electrons. The van der Waals surface area contributed by atoms with Gasteiger partial charge in [0.25, 0.3) is 0 Å². The van der Waals surface area contributed by atoms with Crippen molar-refractivity contribution in [3.05, 3.63) is 70.8 Å². The summed E-state index contributed by atoms with van der Waals surface area (Å²) in [6.45, 7) is 4.85. The van der Waals surface area contributed by atoms with Crippen molar-refractivity contribution in [1.29, 1.82) is 0 Å². The molecule has 106 valence electrons. The molecule has 0 aliphatic rings. The molecule has 0 aromatic heterocycles. The normalized spacial score (nSPS) is 11.0. The Bertz CT molecular complexity index is 531. The van der Waals surface area contributed by atoms with E-state index in [2.05, 4.69) is 67.4 Å². The van der Waals surface area contributed by atoms with Crippen LogP contribution in [-0.4, -0.2) is 18.5 Å². The van der Waals surface area contributed by atoms with Crippen LogP contribution in [0.5, 0.6) is 0 Å². The fraction of sp³-hybridized carbons (Fsp3) is 0.333. The lowest BCUT2D eigenvalue weighted by atomic mass is 10.1. The highest BCUT2D eigenvalue weighted by Crippen LogP contribution is 2.10. The Labute approximate surface area is 122 Å². The average Bonchev–Trinajstić information content (AvgIpc) is 2.47. The van der Waals surface area contributed by atoms with E-state index < -0.39 is 0 Å². The summed E-state index contributed by atoms with van der Waals surface area (Å²) in [4.78, 5) is 2.36. The van der Waals surface area contributed by atoms with Crippen molar-refractivity contribution in [2.45, 2.75) is 26.4 Å². The van der Waals surface area contributed by atoms with Gasteiger partial charge >= 0.3 is 0 Å². The maximum absolute atomic E-state index is 5.62. The smallest absolute Gasteiger partial charge is 0.0230 e. The predicted molar refractivity (Wildman–Crippen MR) is 85.6 cm³/mol. The van der Waals surface area contributed by atoms with Gasteiger partial charge < -0.3 is 10.6 Å². The summed E-state index contributed by atoms with van der Waals surface area (Å²) >= 11 is 0. The van der Waals surface area contributed by atoms with Crippen LogP contribution in [0, 0.1) is 6.92 Å². The number of hydrogen-bond donors (Lipinski definition) is 1. The molecule has 2 aromatic rings. The zero-order valence-corrected chi connectivity index (χ0v) is 12.5. The van der Waals surface area contributed by atoms with Crippen molar-refractivity contribution in [3.63, 3.8) is 0 Å². The molecular weight excluding hydrogens is 244 g/mol. The second kappa shape index (κ2) is 7.22. The quantitative estimate of drug-likeness (QED) is 0.872. The van der Waals surface area contributed by atoms with Crippen molar-refractivity contribution in [3.8, 4) is 0 Å². The van der Waals surface area contributed by atoms with E-state index in [1.165, 1.54) is 22.3 Å². The molecule has 2 aromatic carbocycles. The summed E-state index contributed by atoms with van der Waals surface area (Å²) < 4.78 is 0. The van der Waals surface area contributed by atoms with Gasteiger partial charge in [-0.2, -0.15) is 0 Å². The third-order valence-electron chi connectivity index (χ3n) is 3.74. The number of aryl methyl sites for hydroxylation is 1. The van der Waals surface area contributed by atoms with Gasteiger partial charge in [-0.25, -0.2) is 0 Å². The first-order valence-corrected chi connectivity index (χ1v) is 7.20. The Hall–Kier alpha value is -1.64. The van der Waals surface area contributed by atoms with Crippen LogP contribution < -0.4 is 5.73 Å². The van der Waals surface area contributed by atoms with E-state index in [1.54, 1.807) is 0 Å². The highest BCUT2D eigenvalue weighted by Gasteiger charge is 2.03. The van der Waals surface area contributed by atoms with E-state index in [9.17, 15) is 0 Å². The van der Waals surface area contributed by atoms with Crippen LogP contribution in [0.4, 0.5) is 0 Å². The molecule has 2 N–H and O–H groups in total. The van der Waals surface area contributed by atoms with Crippen LogP contribution in [-0.2, 0) is 19.5 Å². The molecule has 2 heteroatoms. The standard InChI is InChI=1S/C18H24N2/c1-15-5-3-4-6-18(15)11-12-20(2)14-17-9-7-16(13-19)8-10-17/h3-10H,11-14,19H2,1-2H3. The summed E-state index contributed by atoms with van der Waals surface area (Å²) in [5, 5.41) is 0. The molecule has 0 heterocycles. The maximum Gasteiger partial charge on any atom is 0.0230 e. The van der Waals surface area contributed by atoms with Crippen molar-refractivity contribution in [2.24, 2.45) is 5.73 Å². The molecule has 0 bridgehead atoms. The molecule has 2 nitrogen and oxygen atoms in total. The third-order valence-corrected chi connectivity index (χ3v) is 3.74. The summed E-state index contributed by atoms with van der Waals surface area (Å²) in [7, 11) is 2.18. The Morgan fingerprint density at radius 2 is 1.60 bits per heavy atom. The number of benzene rings is 2. The molecule has 0 spiro atoms. The van der Waals surface area contributed by atoms with E-state index in [4.69, 9.17) is 5.73 Å². The SMILES string of the molecule is Cc1ccccc1CCN(C)Cc1ccc(CN)cc1. The van der Waals surface area contributed by atoms with Crippen molar-refractivity contribution in [2.75, 3.05) is 13.6 Å². The molecule has 0 aliphatic heterocycles. The van der Waals surface area contributed by atoms with Gasteiger partial charge in [-0.3, -0.25) is 0 Å². The van der Waals surface area contributed by atoms with E-state index in [0.29, 0.717) is 6.54 Å².